The molecule has 0 aromatic carbocycles. The summed E-state index contributed by atoms with van der Waals surface area (Å²) in [5.41, 5.74) is -0.645. The molecule has 0 rings (SSSR count). The lowest BCUT2D eigenvalue weighted by molar-refractivity contribution is -0.129. The van der Waals surface area contributed by atoms with Gasteiger partial charge < -0.3 is 19.7 Å². The van der Waals surface area contributed by atoms with E-state index in [0.29, 0.717) is 0 Å². The Balaban J connectivity index is 5.76. The average molecular weight is 253 g/mol. The zero-order valence-electron chi connectivity index (χ0n) is 9.38. The van der Waals surface area contributed by atoms with Crippen LogP contribution in [0.25, 0.3) is 0 Å². The molecule has 8 heteroatoms. The Bertz CT molecular complexity index is 329. The topological polar surface area (TPSA) is 116 Å². The first-order valence-corrected chi connectivity index (χ1v) is 6.28. The van der Waals surface area contributed by atoms with Crippen molar-refractivity contribution in [3.8, 4) is 0 Å². The van der Waals surface area contributed by atoms with Crippen LogP contribution in [0.3, 0.4) is 0 Å². The fourth-order valence-corrected chi connectivity index (χ4v) is 2.79. The number of aliphatic carboxylic acids is 1. The van der Waals surface area contributed by atoms with Crippen LogP contribution in [-0.4, -0.2) is 38.8 Å². The molecular formula is C8H16NO6P. The fraction of sp³-hybridized carbons (Fsp3) is 0.750. The van der Waals surface area contributed by atoms with E-state index < -0.39 is 24.4 Å². The first-order chi connectivity index (χ1) is 7.26. The number of oxime groups is 1. The van der Waals surface area contributed by atoms with Crippen LogP contribution in [-0.2, 0) is 14.2 Å². The van der Waals surface area contributed by atoms with Crippen molar-refractivity contribution in [3.63, 3.8) is 0 Å². The minimum Gasteiger partial charge on any atom is -0.477 e. The van der Waals surface area contributed by atoms with Crippen molar-refractivity contribution in [1.29, 1.82) is 0 Å². The van der Waals surface area contributed by atoms with Crippen LogP contribution in [0, 0.1) is 0 Å². The minimum atomic E-state index is -4.64. The summed E-state index contributed by atoms with van der Waals surface area (Å²) < 4.78 is 11.4. The van der Waals surface area contributed by atoms with E-state index in [9.17, 15) is 19.1 Å². The van der Waals surface area contributed by atoms with Crippen molar-refractivity contribution in [2.24, 2.45) is 5.16 Å². The molecule has 0 heterocycles. The number of carboxylic acids is 1. The van der Waals surface area contributed by atoms with Crippen LogP contribution >= 0.6 is 7.60 Å². The van der Waals surface area contributed by atoms with Gasteiger partial charge >= 0.3 is 13.6 Å². The molecule has 0 aliphatic rings. The van der Waals surface area contributed by atoms with Crippen molar-refractivity contribution in [2.75, 3.05) is 7.11 Å². The molecule has 0 aliphatic carbocycles. The molecule has 0 bridgehead atoms. The Hall–Kier alpha value is -0.910. The molecular weight excluding hydrogens is 237 g/mol. The maximum atomic E-state index is 11.4. The van der Waals surface area contributed by atoms with Gasteiger partial charge in [-0.15, -0.1) is 0 Å². The summed E-state index contributed by atoms with van der Waals surface area (Å²) in [6.45, 7) is 2.99. The second-order valence-electron chi connectivity index (χ2n) is 3.21. The molecule has 0 spiro atoms. The first kappa shape index (κ1) is 15.1. The van der Waals surface area contributed by atoms with Crippen LogP contribution in [0.4, 0.5) is 0 Å². The normalized spacial score (nSPS) is 13.7. The molecule has 0 aromatic heterocycles. The number of rotatable bonds is 6. The highest BCUT2D eigenvalue weighted by atomic mass is 31.2. The highest BCUT2D eigenvalue weighted by Gasteiger charge is 2.51. The molecule has 0 atom stereocenters. The van der Waals surface area contributed by atoms with Crippen LogP contribution < -0.4 is 0 Å². The summed E-state index contributed by atoms with van der Waals surface area (Å²) in [4.78, 5) is 33.9. The van der Waals surface area contributed by atoms with E-state index in [1.807, 2.05) is 0 Å². The second kappa shape index (κ2) is 5.43. The van der Waals surface area contributed by atoms with Gasteiger partial charge in [-0.3, -0.25) is 4.57 Å². The summed E-state index contributed by atoms with van der Waals surface area (Å²) in [5, 5.41) is 10.3. The van der Waals surface area contributed by atoms with Crippen LogP contribution in [0.15, 0.2) is 5.16 Å². The first-order valence-electron chi connectivity index (χ1n) is 4.67. The number of carboxylic acid groups (broad SMARTS) is 1. The molecule has 0 saturated carbocycles. The fourth-order valence-electron chi connectivity index (χ4n) is 1.55. The monoisotopic (exact) mass is 253 g/mol. The van der Waals surface area contributed by atoms with E-state index in [2.05, 4.69) is 9.99 Å². The SMILES string of the molecule is CCC(CC)(C(=NOC)C(=O)O)P(=O)(O)O. The molecule has 0 unspecified atom stereocenters. The van der Waals surface area contributed by atoms with Crippen molar-refractivity contribution < 1.29 is 29.1 Å². The van der Waals surface area contributed by atoms with E-state index in [-0.39, 0.29) is 12.8 Å². The second-order valence-corrected chi connectivity index (χ2v) is 5.15. The Labute approximate surface area is 93.3 Å². The van der Waals surface area contributed by atoms with E-state index in [4.69, 9.17) is 5.11 Å². The molecule has 7 nitrogen and oxygen atoms in total. The third-order valence-electron chi connectivity index (χ3n) is 2.55. The predicted octanol–water partition coefficient (Wildman–Crippen LogP) is 0.810. The Morgan fingerprint density at radius 1 is 1.38 bits per heavy atom. The minimum absolute atomic E-state index is 0.0394. The highest BCUT2D eigenvalue weighted by molar-refractivity contribution is 7.55. The summed E-state index contributed by atoms with van der Waals surface area (Å²) in [6, 6.07) is 0. The van der Waals surface area contributed by atoms with Gasteiger partial charge in [0.1, 0.15) is 12.3 Å². The zero-order valence-corrected chi connectivity index (χ0v) is 10.3. The molecule has 3 N–H and O–H groups in total. The molecule has 0 radical (unpaired) electrons. The summed E-state index contributed by atoms with van der Waals surface area (Å²) >= 11 is 0. The van der Waals surface area contributed by atoms with Crippen molar-refractivity contribution in [3.05, 3.63) is 0 Å². The smallest absolute Gasteiger partial charge is 0.354 e. The van der Waals surface area contributed by atoms with Crippen LogP contribution in [0.5, 0.6) is 0 Å². The van der Waals surface area contributed by atoms with Crippen molar-refractivity contribution >= 4 is 19.3 Å². The van der Waals surface area contributed by atoms with E-state index in [1.165, 1.54) is 13.8 Å². The third kappa shape index (κ3) is 2.61. The summed E-state index contributed by atoms with van der Waals surface area (Å²) in [7, 11) is -3.51. The van der Waals surface area contributed by atoms with Crippen molar-refractivity contribution in [1.82, 2.24) is 0 Å². The maximum Gasteiger partial charge on any atom is 0.354 e. The highest BCUT2D eigenvalue weighted by Crippen LogP contribution is 2.55. The lowest BCUT2D eigenvalue weighted by Gasteiger charge is -2.30. The molecule has 0 saturated heterocycles. The van der Waals surface area contributed by atoms with Gasteiger partial charge in [0.15, 0.2) is 5.71 Å². The van der Waals surface area contributed by atoms with Crippen LogP contribution in [0.2, 0.25) is 0 Å². The lowest BCUT2D eigenvalue weighted by atomic mass is 9.96. The Morgan fingerprint density at radius 3 is 2.00 bits per heavy atom. The third-order valence-corrected chi connectivity index (χ3v) is 4.51. The van der Waals surface area contributed by atoms with Gasteiger partial charge in [-0.1, -0.05) is 19.0 Å². The van der Waals surface area contributed by atoms with Gasteiger partial charge in [-0.25, -0.2) is 4.79 Å². The molecule has 0 amide bonds. The number of hydrogen-bond donors (Lipinski definition) is 3. The number of carbonyl (C=O) groups is 1. The molecule has 0 aromatic rings. The van der Waals surface area contributed by atoms with Crippen LogP contribution in [0.1, 0.15) is 26.7 Å². The Kier molecular flexibility index (Phi) is 5.12. The van der Waals surface area contributed by atoms with E-state index >= 15 is 0 Å². The van der Waals surface area contributed by atoms with Gasteiger partial charge in [-0.2, -0.15) is 0 Å². The zero-order chi connectivity index (χ0) is 13.0. The standard InChI is InChI=1S/C8H16NO6P/c1-4-8(5-2,16(12,13)14)6(7(10)11)9-15-3/h4-5H2,1-3H3,(H,10,11)(H2,12,13,14). The molecule has 0 aliphatic heterocycles. The summed E-state index contributed by atoms with van der Waals surface area (Å²) in [6.07, 6.45) is -0.0788. The lowest BCUT2D eigenvalue weighted by Crippen LogP contribution is -2.42. The number of hydrogen-bond acceptors (Lipinski definition) is 4. The van der Waals surface area contributed by atoms with E-state index in [1.54, 1.807) is 0 Å². The van der Waals surface area contributed by atoms with Gasteiger partial charge in [0.2, 0.25) is 0 Å². The van der Waals surface area contributed by atoms with Crippen molar-refractivity contribution in [2.45, 2.75) is 31.8 Å². The van der Waals surface area contributed by atoms with Gasteiger partial charge in [-0.05, 0) is 12.8 Å². The molecule has 16 heavy (non-hydrogen) atoms. The maximum absolute atomic E-state index is 11.4. The van der Waals surface area contributed by atoms with E-state index in [0.717, 1.165) is 7.11 Å². The predicted molar refractivity (Wildman–Crippen MR) is 57.4 cm³/mol. The molecule has 0 fully saturated rings. The number of nitrogens with zero attached hydrogens (tertiary/aromatic N) is 1. The molecule has 94 valence electrons. The Morgan fingerprint density at radius 2 is 1.81 bits per heavy atom. The largest absolute Gasteiger partial charge is 0.477 e. The van der Waals surface area contributed by atoms with Gasteiger partial charge in [0.25, 0.3) is 0 Å². The summed E-state index contributed by atoms with van der Waals surface area (Å²) in [5.74, 6) is -1.49. The average Bonchev–Trinajstić information content (AvgIpc) is 2.16. The van der Waals surface area contributed by atoms with Gasteiger partial charge in [0, 0.05) is 0 Å². The quantitative estimate of drug-likeness (QED) is 0.366. The van der Waals surface area contributed by atoms with Gasteiger partial charge in [0.05, 0.1) is 0 Å².